The molecule has 4 rings (SSSR count). The highest BCUT2D eigenvalue weighted by atomic mass is 32.2. The quantitative estimate of drug-likeness (QED) is 0.466. The van der Waals surface area contributed by atoms with Gasteiger partial charge in [-0.2, -0.15) is 4.68 Å². The van der Waals surface area contributed by atoms with Crippen molar-refractivity contribution in [2.75, 3.05) is 4.72 Å². The molecule has 7 nitrogen and oxygen atoms in total. The molecule has 0 fully saturated rings. The molecule has 8 heteroatoms. The Morgan fingerprint density at radius 2 is 1.42 bits per heavy atom. The summed E-state index contributed by atoms with van der Waals surface area (Å²) in [6.45, 7) is 3.79. The number of aryl methyl sites for hydroxylation is 2. The highest BCUT2D eigenvalue weighted by Crippen LogP contribution is 2.24. The normalized spacial score (nSPS) is 11.3. The highest BCUT2D eigenvalue weighted by Gasteiger charge is 2.26. The summed E-state index contributed by atoms with van der Waals surface area (Å²) in [7, 11) is -3.98. The number of carbonyl (C=O) groups excluding carboxylic acids is 1. The Kier molecular flexibility index (Phi) is 5.39. The van der Waals surface area contributed by atoms with Crippen molar-refractivity contribution >= 4 is 21.6 Å². The van der Waals surface area contributed by atoms with Crippen LogP contribution in [0.3, 0.4) is 0 Å². The van der Waals surface area contributed by atoms with Gasteiger partial charge in [-0.15, -0.1) is 5.10 Å². The van der Waals surface area contributed by atoms with E-state index in [1.165, 1.54) is 16.8 Å². The summed E-state index contributed by atoms with van der Waals surface area (Å²) < 4.78 is 30.0. The minimum atomic E-state index is -3.98. The fourth-order valence-electron chi connectivity index (χ4n) is 3.02. The van der Waals surface area contributed by atoms with Gasteiger partial charge in [0.25, 0.3) is 10.0 Å². The van der Waals surface area contributed by atoms with Crippen molar-refractivity contribution in [3.05, 3.63) is 101 Å². The lowest BCUT2D eigenvalue weighted by atomic mass is 10.1. The van der Waals surface area contributed by atoms with E-state index in [0.717, 1.165) is 11.1 Å². The van der Waals surface area contributed by atoms with E-state index in [0.29, 0.717) is 11.3 Å². The van der Waals surface area contributed by atoms with Crippen molar-refractivity contribution in [2.24, 2.45) is 0 Å². The molecule has 4 aromatic rings. The van der Waals surface area contributed by atoms with Crippen LogP contribution in [0.5, 0.6) is 0 Å². The van der Waals surface area contributed by atoms with Gasteiger partial charge in [-0.05, 0) is 38.1 Å². The number of ketones is 1. The molecule has 0 unspecified atom stereocenters. The molecule has 3 aromatic carbocycles. The SMILES string of the molecule is Cc1ccc(C(=O)c2nnn(-c3ccccc3)c2NS(=O)(=O)c2ccc(C)cc2)cc1. The number of sulfonamides is 1. The number of anilines is 1. The fraction of sp³-hybridized carbons (Fsp3) is 0.0870. The van der Waals surface area contributed by atoms with Crippen LogP contribution in [0.15, 0.2) is 83.8 Å². The van der Waals surface area contributed by atoms with Gasteiger partial charge in [-0.25, -0.2) is 8.42 Å². The summed E-state index contributed by atoms with van der Waals surface area (Å²) in [5, 5.41) is 8.08. The molecule has 0 atom stereocenters. The maximum atomic E-state index is 13.1. The highest BCUT2D eigenvalue weighted by molar-refractivity contribution is 7.92. The van der Waals surface area contributed by atoms with Crippen molar-refractivity contribution < 1.29 is 13.2 Å². The number of hydrogen-bond acceptors (Lipinski definition) is 5. The van der Waals surface area contributed by atoms with E-state index >= 15 is 0 Å². The van der Waals surface area contributed by atoms with Crippen LogP contribution in [0.25, 0.3) is 5.69 Å². The molecule has 0 bridgehead atoms. The minimum Gasteiger partial charge on any atom is -0.287 e. The summed E-state index contributed by atoms with van der Waals surface area (Å²) in [6.07, 6.45) is 0. The summed E-state index contributed by atoms with van der Waals surface area (Å²) in [6, 6.07) is 22.3. The molecule has 31 heavy (non-hydrogen) atoms. The first-order valence-electron chi connectivity index (χ1n) is 9.57. The predicted molar refractivity (Wildman–Crippen MR) is 118 cm³/mol. The molecule has 1 aromatic heterocycles. The average molecular weight is 433 g/mol. The summed E-state index contributed by atoms with van der Waals surface area (Å²) >= 11 is 0. The Bertz CT molecular complexity index is 1330. The first-order chi connectivity index (χ1) is 14.8. The van der Waals surface area contributed by atoms with Crippen molar-refractivity contribution in [3.8, 4) is 5.69 Å². The molecule has 0 spiro atoms. The number of nitrogens with one attached hydrogen (secondary N) is 1. The van der Waals surface area contributed by atoms with Crippen molar-refractivity contribution in [1.82, 2.24) is 15.0 Å². The van der Waals surface area contributed by atoms with Crippen LogP contribution >= 0.6 is 0 Å². The van der Waals surface area contributed by atoms with E-state index in [4.69, 9.17) is 0 Å². The molecule has 0 saturated heterocycles. The van der Waals surface area contributed by atoms with E-state index in [9.17, 15) is 13.2 Å². The maximum Gasteiger partial charge on any atom is 0.263 e. The second kappa shape index (κ2) is 8.16. The lowest BCUT2D eigenvalue weighted by Crippen LogP contribution is -2.18. The van der Waals surface area contributed by atoms with Gasteiger partial charge in [-0.1, -0.05) is 70.9 Å². The van der Waals surface area contributed by atoms with Crippen LogP contribution < -0.4 is 4.72 Å². The van der Waals surface area contributed by atoms with Gasteiger partial charge in [-0.3, -0.25) is 9.52 Å². The van der Waals surface area contributed by atoms with Crippen LogP contribution in [0.2, 0.25) is 0 Å². The van der Waals surface area contributed by atoms with Crippen molar-refractivity contribution in [1.29, 1.82) is 0 Å². The number of rotatable bonds is 6. The van der Waals surface area contributed by atoms with Gasteiger partial charge in [0, 0.05) is 5.56 Å². The standard InChI is InChI=1S/C23H20N4O3S/c1-16-8-12-18(13-9-16)22(28)21-23(27(26-24-21)19-6-4-3-5-7-19)25-31(29,30)20-14-10-17(2)11-15-20/h3-15,25H,1-2H3. The third kappa shape index (κ3) is 4.24. The fourth-order valence-corrected chi connectivity index (χ4v) is 4.07. The smallest absolute Gasteiger partial charge is 0.263 e. The van der Waals surface area contributed by atoms with E-state index in [-0.39, 0.29) is 16.4 Å². The number of benzene rings is 3. The molecule has 0 saturated carbocycles. The van der Waals surface area contributed by atoms with Gasteiger partial charge in [0.15, 0.2) is 11.5 Å². The lowest BCUT2D eigenvalue weighted by molar-refractivity contribution is 0.103. The summed E-state index contributed by atoms with van der Waals surface area (Å²) in [5.74, 6) is -0.443. The van der Waals surface area contributed by atoms with E-state index in [1.54, 1.807) is 48.5 Å². The number of carbonyl (C=O) groups is 1. The second-order valence-electron chi connectivity index (χ2n) is 7.15. The average Bonchev–Trinajstić information content (AvgIpc) is 3.17. The van der Waals surface area contributed by atoms with Crippen LogP contribution in [0.1, 0.15) is 27.2 Å². The molecule has 1 heterocycles. The zero-order chi connectivity index (χ0) is 22.0. The third-order valence-electron chi connectivity index (χ3n) is 4.76. The number of hydrogen-bond donors (Lipinski definition) is 1. The Balaban J connectivity index is 1.82. The Morgan fingerprint density at radius 3 is 2.03 bits per heavy atom. The third-order valence-corrected chi connectivity index (χ3v) is 6.12. The molecule has 0 amide bonds. The van der Waals surface area contributed by atoms with Crippen LogP contribution in [-0.4, -0.2) is 29.2 Å². The van der Waals surface area contributed by atoms with Gasteiger partial charge >= 0.3 is 0 Å². The van der Waals surface area contributed by atoms with Crippen molar-refractivity contribution in [3.63, 3.8) is 0 Å². The Morgan fingerprint density at radius 1 is 0.839 bits per heavy atom. The predicted octanol–water partition coefficient (Wildman–Crippen LogP) is 3.92. The zero-order valence-electron chi connectivity index (χ0n) is 17.0. The topological polar surface area (TPSA) is 93.9 Å². The van der Waals surface area contributed by atoms with Crippen molar-refractivity contribution in [2.45, 2.75) is 18.7 Å². The lowest BCUT2D eigenvalue weighted by Gasteiger charge is -2.11. The molecule has 1 N–H and O–H groups in total. The van der Waals surface area contributed by atoms with Gasteiger partial charge < -0.3 is 0 Å². The monoisotopic (exact) mass is 432 g/mol. The summed E-state index contributed by atoms with van der Waals surface area (Å²) in [4.78, 5) is 13.2. The molecular weight excluding hydrogens is 412 g/mol. The number of nitrogens with zero attached hydrogens (tertiary/aromatic N) is 3. The van der Waals surface area contributed by atoms with E-state index in [1.807, 2.05) is 32.0 Å². The van der Waals surface area contributed by atoms with Gasteiger partial charge in [0.1, 0.15) is 0 Å². The largest absolute Gasteiger partial charge is 0.287 e. The van der Waals surface area contributed by atoms with Crippen LogP contribution in [-0.2, 0) is 10.0 Å². The first-order valence-corrected chi connectivity index (χ1v) is 11.1. The minimum absolute atomic E-state index is 0.0163. The number of aromatic nitrogens is 3. The molecule has 0 aliphatic rings. The number of para-hydroxylation sites is 1. The van der Waals surface area contributed by atoms with Crippen LogP contribution in [0, 0.1) is 13.8 Å². The second-order valence-corrected chi connectivity index (χ2v) is 8.83. The zero-order valence-corrected chi connectivity index (χ0v) is 17.8. The van der Waals surface area contributed by atoms with Crippen LogP contribution in [0.4, 0.5) is 5.82 Å². The van der Waals surface area contributed by atoms with E-state index < -0.39 is 15.8 Å². The molecular formula is C23H20N4O3S. The maximum absolute atomic E-state index is 13.1. The Labute approximate surface area is 180 Å². The van der Waals surface area contributed by atoms with Gasteiger partial charge in [0.2, 0.25) is 5.78 Å². The Hall–Kier alpha value is -3.78. The molecule has 0 aliphatic heterocycles. The summed E-state index contributed by atoms with van der Waals surface area (Å²) in [5.41, 5.74) is 2.82. The molecule has 0 radical (unpaired) electrons. The molecule has 0 aliphatic carbocycles. The van der Waals surface area contributed by atoms with Gasteiger partial charge in [0.05, 0.1) is 10.6 Å². The first kappa shape index (κ1) is 20.5. The van der Waals surface area contributed by atoms with E-state index in [2.05, 4.69) is 15.0 Å². The molecule has 156 valence electrons.